The standard InChI is InChI=1S/C20H22N2O2/c1-3-12-11-21-9-8-14-13-6-4-5-7-16(13)22-18(14)17(21)10-15(12)19(22)20(23)24-2/h3-7,15,17,19H,8-11H2,1-2H3/b12-3+/t15-,17-,19-/m0/s1. The van der Waals surface area contributed by atoms with Crippen LogP contribution in [-0.4, -0.2) is 35.6 Å². The molecule has 0 spiro atoms. The molecule has 3 aliphatic heterocycles. The van der Waals surface area contributed by atoms with Crippen LogP contribution in [0.5, 0.6) is 0 Å². The van der Waals surface area contributed by atoms with E-state index < -0.39 is 0 Å². The van der Waals surface area contributed by atoms with Gasteiger partial charge in [-0.25, -0.2) is 4.79 Å². The average Bonchev–Trinajstić information content (AvgIpc) is 2.96. The fraction of sp³-hybridized carbons (Fsp3) is 0.450. The number of esters is 1. The molecule has 1 saturated heterocycles. The number of aromatic nitrogens is 1. The number of carbonyl (C=O) groups excluding carboxylic acids is 1. The molecule has 0 N–H and O–H groups in total. The second-order valence-corrected chi connectivity index (χ2v) is 7.16. The number of rotatable bonds is 1. The van der Waals surface area contributed by atoms with Crippen LogP contribution in [0.4, 0.5) is 0 Å². The number of carbonyl (C=O) groups is 1. The third kappa shape index (κ3) is 1.64. The van der Waals surface area contributed by atoms with Crippen molar-refractivity contribution in [3.8, 4) is 0 Å². The molecule has 1 aromatic heterocycles. The van der Waals surface area contributed by atoms with Crippen LogP contribution in [0.2, 0.25) is 0 Å². The highest BCUT2D eigenvalue weighted by molar-refractivity contribution is 5.89. The maximum absolute atomic E-state index is 12.8. The summed E-state index contributed by atoms with van der Waals surface area (Å²) < 4.78 is 7.54. The maximum Gasteiger partial charge on any atom is 0.329 e. The predicted molar refractivity (Wildman–Crippen MR) is 92.9 cm³/mol. The minimum absolute atomic E-state index is 0.111. The topological polar surface area (TPSA) is 34.5 Å². The Labute approximate surface area is 141 Å². The summed E-state index contributed by atoms with van der Waals surface area (Å²) in [6.45, 7) is 4.20. The number of fused-ring (bicyclic) bond motifs is 4. The molecular weight excluding hydrogens is 300 g/mol. The summed E-state index contributed by atoms with van der Waals surface area (Å²) in [6.07, 6.45) is 4.31. The number of hydrogen-bond acceptors (Lipinski definition) is 3. The maximum atomic E-state index is 12.8. The summed E-state index contributed by atoms with van der Waals surface area (Å²) in [6, 6.07) is 8.75. The fourth-order valence-corrected chi connectivity index (χ4v) is 5.26. The molecule has 24 heavy (non-hydrogen) atoms. The molecule has 0 radical (unpaired) electrons. The van der Waals surface area contributed by atoms with Gasteiger partial charge in [-0.1, -0.05) is 29.8 Å². The number of allylic oxidation sites excluding steroid dienone is 1. The van der Waals surface area contributed by atoms with Gasteiger partial charge in [-0.05, 0) is 31.4 Å². The van der Waals surface area contributed by atoms with Crippen molar-refractivity contribution in [2.75, 3.05) is 20.2 Å². The normalized spacial score (nSPS) is 29.9. The van der Waals surface area contributed by atoms with Gasteiger partial charge in [0.25, 0.3) is 0 Å². The number of methoxy groups -OCH3 is 1. The molecule has 3 aliphatic rings. The van der Waals surface area contributed by atoms with Gasteiger partial charge in [-0.2, -0.15) is 0 Å². The lowest BCUT2D eigenvalue weighted by Gasteiger charge is -2.50. The molecule has 0 amide bonds. The number of para-hydroxylation sites is 1. The van der Waals surface area contributed by atoms with Crippen LogP contribution in [0.3, 0.4) is 0 Å². The van der Waals surface area contributed by atoms with Gasteiger partial charge in [-0.3, -0.25) is 4.90 Å². The summed E-state index contributed by atoms with van der Waals surface area (Å²) in [5, 5.41) is 1.32. The van der Waals surface area contributed by atoms with E-state index >= 15 is 0 Å². The molecular formula is C20H22N2O2. The number of ether oxygens (including phenoxy) is 1. The summed E-state index contributed by atoms with van der Waals surface area (Å²) in [4.78, 5) is 15.4. The Kier molecular flexibility index (Phi) is 2.95. The predicted octanol–water partition coefficient (Wildman–Crippen LogP) is 3.23. The van der Waals surface area contributed by atoms with E-state index in [0.717, 1.165) is 25.9 Å². The molecule has 0 unspecified atom stereocenters. The zero-order chi connectivity index (χ0) is 16.4. The first kappa shape index (κ1) is 14.3. The minimum Gasteiger partial charge on any atom is -0.467 e. The van der Waals surface area contributed by atoms with E-state index in [4.69, 9.17) is 4.74 Å². The quantitative estimate of drug-likeness (QED) is 0.597. The lowest BCUT2D eigenvalue weighted by molar-refractivity contribution is -0.147. The van der Waals surface area contributed by atoms with Crippen molar-refractivity contribution in [2.24, 2.45) is 5.92 Å². The summed E-state index contributed by atoms with van der Waals surface area (Å²) in [5.41, 5.74) is 5.38. The summed E-state index contributed by atoms with van der Waals surface area (Å²) >= 11 is 0. The Hall–Kier alpha value is -2.07. The molecule has 2 aromatic rings. The smallest absolute Gasteiger partial charge is 0.329 e. The largest absolute Gasteiger partial charge is 0.467 e. The lowest BCUT2D eigenvalue weighted by atomic mass is 9.75. The van der Waals surface area contributed by atoms with Gasteiger partial charge in [-0.15, -0.1) is 0 Å². The van der Waals surface area contributed by atoms with E-state index in [1.54, 1.807) is 0 Å². The minimum atomic E-state index is -0.230. The number of piperidine rings is 1. The van der Waals surface area contributed by atoms with Gasteiger partial charge in [0.05, 0.1) is 13.2 Å². The summed E-state index contributed by atoms with van der Waals surface area (Å²) in [5.74, 6) is 0.137. The highest BCUT2D eigenvalue weighted by Crippen LogP contribution is 2.53. The number of nitrogens with zero attached hydrogens (tertiary/aromatic N) is 2. The van der Waals surface area contributed by atoms with Crippen molar-refractivity contribution in [1.29, 1.82) is 0 Å². The van der Waals surface area contributed by atoms with Crippen molar-refractivity contribution < 1.29 is 9.53 Å². The van der Waals surface area contributed by atoms with Crippen molar-refractivity contribution in [3.05, 3.63) is 47.2 Å². The summed E-state index contributed by atoms with van der Waals surface area (Å²) in [7, 11) is 1.51. The zero-order valence-electron chi connectivity index (χ0n) is 14.2. The molecule has 1 aromatic carbocycles. The van der Waals surface area contributed by atoms with Crippen molar-refractivity contribution in [3.63, 3.8) is 0 Å². The third-order valence-corrected chi connectivity index (χ3v) is 6.27. The van der Waals surface area contributed by atoms with E-state index in [1.807, 2.05) is 0 Å². The highest BCUT2D eigenvalue weighted by Gasteiger charge is 2.49. The highest BCUT2D eigenvalue weighted by atomic mass is 16.5. The molecule has 2 bridgehead atoms. The molecule has 4 heterocycles. The van der Waals surface area contributed by atoms with Gasteiger partial charge in [0.15, 0.2) is 0 Å². The first-order valence-corrected chi connectivity index (χ1v) is 8.83. The molecule has 0 aliphatic carbocycles. The van der Waals surface area contributed by atoms with Gasteiger partial charge >= 0.3 is 5.97 Å². The molecule has 3 atom stereocenters. The molecule has 4 nitrogen and oxygen atoms in total. The van der Waals surface area contributed by atoms with E-state index in [9.17, 15) is 4.79 Å². The van der Waals surface area contributed by atoms with Crippen LogP contribution < -0.4 is 0 Å². The zero-order valence-corrected chi connectivity index (χ0v) is 14.2. The van der Waals surface area contributed by atoms with Crippen molar-refractivity contribution in [2.45, 2.75) is 31.8 Å². The average molecular weight is 322 g/mol. The SMILES string of the molecule is C/C=C1\CN2CCc3c4n(c5ccccc35)[C@H](C(=O)OC)[C@H]1C[C@@H]42. The fourth-order valence-electron chi connectivity index (χ4n) is 5.26. The monoisotopic (exact) mass is 322 g/mol. The molecule has 4 heteroatoms. The van der Waals surface area contributed by atoms with E-state index in [0.29, 0.717) is 6.04 Å². The lowest BCUT2D eigenvalue weighted by Crippen LogP contribution is -2.50. The first-order chi connectivity index (χ1) is 11.7. The second-order valence-electron chi connectivity index (χ2n) is 7.16. The van der Waals surface area contributed by atoms with E-state index in [-0.39, 0.29) is 17.9 Å². The van der Waals surface area contributed by atoms with Crippen LogP contribution in [0, 0.1) is 5.92 Å². The van der Waals surface area contributed by atoms with Crippen LogP contribution in [0.1, 0.15) is 36.7 Å². The van der Waals surface area contributed by atoms with Gasteiger partial charge in [0.1, 0.15) is 6.04 Å². The van der Waals surface area contributed by atoms with Crippen LogP contribution in [0.25, 0.3) is 10.9 Å². The van der Waals surface area contributed by atoms with E-state index in [2.05, 4.69) is 46.7 Å². The van der Waals surface area contributed by atoms with Crippen molar-refractivity contribution >= 4 is 16.9 Å². The molecule has 124 valence electrons. The molecule has 0 saturated carbocycles. The van der Waals surface area contributed by atoms with Gasteiger partial charge < -0.3 is 9.30 Å². The Morgan fingerprint density at radius 2 is 2.17 bits per heavy atom. The number of hydrogen-bond donors (Lipinski definition) is 0. The van der Waals surface area contributed by atoms with Gasteiger partial charge in [0, 0.05) is 35.6 Å². The first-order valence-electron chi connectivity index (χ1n) is 8.83. The van der Waals surface area contributed by atoms with E-state index in [1.165, 1.54) is 34.8 Å². The van der Waals surface area contributed by atoms with Crippen LogP contribution in [-0.2, 0) is 16.0 Å². The van der Waals surface area contributed by atoms with Crippen molar-refractivity contribution in [1.82, 2.24) is 9.47 Å². The third-order valence-electron chi connectivity index (χ3n) is 6.27. The number of benzene rings is 1. The van der Waals surface area contributed by atoms with Crippen LogP contribution in [0.15, 0.2) is 35.9 Å². The Bertz CT molecular complexity index is 879. The molecule has 1 fully saturated rings. The second kappa shape index (κ2) is 4.96. The molecule has 5 rings (SSSR count). The van der Waals surface area contributed by atoms with Gasteiger partial charge in [0.2, 0.25) is 0 Å². The van der Waals surface area contributed by atoms with Crippen LogP contribution >= 0.6 is 0 Å². The Balaban J connectivity index is 1.86. The Morgan fingerprint density at radius 1 is 1.33 bits per heavy atom. The Morgan fingerprint density at radius 3 is 2.96 bits per heavy atom.